The first-order valence-electron chi connectivity index (χ1n) is 9.03. The number of nitrogens with zero attached hydrogens (tertiary/aromatic N) is 1. The van der Waals surface area contributed by atoms with Gasteiger partial charge in [0.25, 0.3) is 0 Å². The van der Waals surface area contributed by atoms with Crippen LogP contribution >= 0.6 is 0 Å². The van der Waals surface area contributed by atoms with Crippen molar-refractivity contribution in [2.45, 2.75) is 25.7 Å². The molecule has 1 saturated heterocycles. The molecule has 6 nitrogen and oxygen atoms in total. The molecular formula is C20H24N2O4. The van der Waals surface area contributed by atoms with Crippen LogP contribution in [0, 0.1) is 11.8 Å². The molecule has 3 rings (SSSR count). The van der Waals surface area contributed by atoms with Gasteiger partial charge < -0.3 is 15.0 Å². The van der Waals surface area contributed by atoms with E-state index in [0.29, 0.717) is 24.1 Å². The van der Waals surface area contributed by atoms with Crippen molar-refractivity contribution in [1.29, 1.82) is 0 Å². The summed E-state index contributed by atoms with van der Waals surface area (Å²) in [5, 5.41) is 2.88. The molecule has 1 aromatic carbocycles. The lowest BCUT2D eigenvalue weighted by Crippen LogP contribution is -2.42. The molecule has 6 heteroatoms. The van der Waals surface area contributed by atoms with E-state index in [1.165, 1.54) is 7.11 Å². The molecule has 2 amide bonds. The fourth-order valence-electron chi connectivity index (χ4n) is 3.59. The van der Waals surface area contributed by atoms with Crippen LogP contribution in [0.5, 0.6) is 0 Å². The van der Waals surface area contributed by atoms with Crippen LogP contribution in [-0.2, 0) is 14.3 Å². The minimum absolute atomic E-state index is 0.0908. The van der Waals surface area contributed by atoms with Crippen molar-refractivity contribution >= 4 is 23.5 Å². The van der Waals surface area contributed by atoms with Gasteiger partial charge in [-0.1, -0.05) is 12.2 Å². The molecule has 1 fully saturated rings. The van der Waals surface area contributed by atoms with E-state index in [1.807, 2.05) is 17.1 Å². The average molecular weight is 356 g/mol. The monoisotopic (exact) mass is 356 g/mol. The predicted molar refractivity (Wildman–Crippen MR) is 97.6 cm³/mol. The van der Waals surface area contributed by atoms with E-state index >= 15 is 0 Å². The number of ether oxygens (including phenoxy) is 1. The number of carbonyl (C=O) groups excluding carboxylic acids is 3. The van der Waals surface area contributed by atoms with Crippen molar-refractivity contribution < 1.29 is 19.1 Å². The molecule has 0 aromatic heterocycles. The zero-order chi connectivity index (χ0) is 18.5. The second kappa shape index (κ2) is 8.17. The molecule has 138 valence electrons. The number of hydrogen-bond donors (Lipinski definition) is 1. The van der Waals surface area contributed by atoms with E-state index in [2.05, 4.69) is 10.1 Å². The first kappa shape index (κ1) is 18.2. The maximum Gasteiger partial charge on any atom is 0.337 e. The zero-order valence-corrected chi connectivity index (χ0v) is 14.9. The lowest BCUT2D eigenvalue weighted by molar-refractivity contribution is -0.139. The summed E-state index contributed by atoms with van der Waals surface area (Å²) in [5.41, 5.74) is 1.03. The lowest BCUT2D eigenvalue weighted by atomic mass is 9.81. The van der Waals surface area contributed by atoms with E-state index < -0.39 is 5.97 Å². The topological polar surface area (TPSA) is 75.7 Å². The standard InChI is InChI=1S/C20H24N2O4/c1-26-20(25)14-8-10-15(11-9-14)21-18(23)16-6-2-3-7-17(16)19(24)22-12-4-5-13-22/h2-3,8-11,16-17H,4-7,12-13H2,1H3,(H,21,23). The van der Waals surface area contributed by atoms with Gasteiger partial charge in [0, 0.05) is 18.8 Å². The van der Waals surface area contributed by atoms with Gasteiger partial charge in [0.2, 0.25) is 11.8 Å². The Labute approximate surface area is 153 Å². The van der Waals surface area contributed by atoms with Crippen LogP contribution in [0.3, 0.4) is 0 Å². The molecule has 26 heavy (non-hydrogen) atoms. The van der Waals surface area contributed by atoms with Crippen LogP contribution in [0.15, 0.2) is 36.4 Å². The highest BCUT2D eigenvalue weighted by Gasteiger charge is 2.37. The number of hydrogen-bond acceptors (Lipinski definition) is 4. The predicted octanol–water partition coefficient (Wildman–Crippen LogP) is 2.62. The Morgan fingerprint density at radius 3 is 2.23 bits per heavy atom. The Kier molecular flexibility index (Phi) is 5.71. The van der Waals surface area contributed by atoms with Gasteiger partial charge in [0.15, 0.2) is 0 Å². The lowest BCUT2D eigenvalue weighted by Gasteiger charge is -2.30. The Hall–Kier alpha value is -2.63. The number of methoxy groups -OCH3 is 1. The van der Waals surface area contributed by atoms with Gasteiger partial charge in [0.1, 0.15) is 0 Å². The van der Waals surface area contributed by atoms with Crippen LogP contribution in [0.25, 0.3) is 0 Å². The highest BCUT2D eigenvalue weighted by molar-refractivity contribution is 5.97. The van der Waals surface area contributed by atoms with Gasteiger partial charge in [0.05, 0.1) is 24.5 Å². The van der Waals surface area contributed by atoms with Crippen LogP contribution in [0.1, 0.15) is 36.0 Å². The maximum atomic E-state index is 12.8. The number of carbonyl (C=O) groups is 3. The molecule has 1 aliphatic heterocycles. The fourth-order valence-corrected chi connectivity index (χ4v) is 3.59. The van der Waals surface area contributed by atoms with Crippen molar-refractivity contribution in [3.63, 3.8) is 0 Å². The first-order chi connectivity index (χ1) is 12.6. The number of allylic oxidation sites excluding steroid dienone is 2. The van der Waals surface area contributed by atoms with E-state index in [-0.39, 0.29) is 23.7 Å². The molecule has 2 aliphatic rings. The van der Waals surface area contributed by atoms with Gasteiger partial charge in [-0.25, -0.2) is 4.79 Å². The number of anilines is 1. The fraction of sp³-hybridized carbons (Fsp3) is 0.450. The molecule has 1 aliphatic carbocycles. The summed E-state index contributed by atoms with van der Waals surface area (Å²) in [5.74, 6) is -1.15. The summed E-state index contributed by atoms with van der Waals surface area (Å²) in [4.78, 5) is 38.9. The zero-order valence-electron chi connectivity index (χ0n) is 14.9. The number of benzene rings is 1. The van der Waals surface area contributed by atoms with Crippen molar-refractivity contribution in [2.75, 3.05) is 25.5 Å². The number of likely N-dealkylation sites (tertiary alicyclic amines) is 1. The molecule has 0 radical (unpaired) electrons. The number of esters is 1. The van der Waals surface area contributed by atoms with E-state index in [4.69, 9.17) is 0 Å². The summed E-state index contributed by atoms with van der Waals surface area (Å²) < 4.78 is 4.67. The first-order valence-corrected chi connectivity index (χ1v) is 9.03. The molecule has 1 aromatic rings. The quantitative estimate of drug-likeness (QED) is 0.665. The van der Waals surface area contributed by atoms with Gasteiger partial charge in [-0.2, -0.15) is 0 Å². The summed E-state index contributed by atoms with van der Waals surface area (Å²) in [7, 11) is 1.33. The second-order valence-corrected chi connectivity index (χ2v) is 6.75. The van der Waals surface area contributed by atoms with Crippen molar-refractivity contribution in [1.82, 2.24) is 4.90 Å². The van der Waals surface area contributed by atoms with Crippen LogP contribution in [0.4, 0.5) is 5.69 Å². The minimum Gasteiger partial charge on any atom is -0.465 e. The molecular weight excluding hydrogens is 332 g/mol. The van der Waals surface area contributed by atoms with Gasteiger partial charge >= 0.3 is 5.97 Å². The van der Waals surface area contributed by atoms with Crippen molar-refractivity contribution in [3.8, 4) is 0 Å². The number of nitrogens with one attached hydrogen (secondary N) is 1. The Morgan fingerprint density at radius 2 is 1.62 bits per heavy atom. The van der Waals surface area contributed by atoms with Crippen molar-refractivity contribution in [2.24, 2.45) is 11.8 Å². The summed E-state index contributed by atoms with van der Waals surface area (Å²) >= 11 is 0. The normalized spacial score (nSPS) is 22.1. The molecule has 0 spiro atoms. The average Bonchev–Trinajstić information content (AvgIpc) is 3.22. The van der Waals surface area contributed by atoms with Crippen LogP contribution in [-0.4, -0.2) is 42.9 Å². The smallest absolute Gasteiger partial charge is 0.337 e. The van der Waals surface area contributed by atoms with Gasteiger partial charge in [-0.05, 0) is 49.9 Å². The highest BCUT2D eigenvalue weighted by Crippen LogP contribution is 2.30. The summed E-state index contributed by atoms with van der Waals surface area (Å²) in [6.45, 7) is 1.59. The van der Waals surface area contributed by atoms with E-state index in [0.717, 1.165) is 25.9 Å². The summed E-state index contributed by atoms with van der Waals surface area (Å²) in [6, 6.07) is 6.55. The van der Waals surface area contributed by atoms with Crippen LogP contribution in [0.2, 0.25) is 0 Å². The Morgan fingerprint density at radius 1 is 1.00 bits per heavy atom. The third-order valence-electron chi connectivity index (χ3n) is 5.08. The second-order valence-electron chi connectivity index (χ2n) is 6.75. The number of amides is 2. The Bertz CT molecular complexity index is 705. The molecule has 1 N–H and O–H groups in total. The van der Waals surface area contributed by atoms with Crippen molar-refractivity contribution in [3.05, 3.63) is 42.0 Å². The third-order valence-corrected chi connectivity index (χ3v) is 5.08. The highest BCUT2D eigenvalue weighted by atomic mass is 16.5. The summed E-state index contributed by atoms with van der Waals surface area (Å²) in [6.07, 6.45) is 7.21. The number of rotatable bonds is 4. The molecule has 0 bridgehead atoms. The molecule has 0 saturated carbocycles. The molecule has 2 atom stereocenters. The SMILES string of the molecule is COC(=O)c1ccc(NC(=O)C2CC=CCC2C(=O)N2CCCC2)cc1. The minimum atomic E-state index is -0.420. The Balaban J connectivity index is 1.67. The molecule has 2 unspecified atom stereocenters. The largest absolute Gasteiger partial charge is 0.465 e. The van der Waals surface area contributed by atoms with E-state index in [9.17, 15) is 14.4 Å². The van der Waals surface area contributed by atoms with Crippen LogP contribution < -0.4 is 5.32 Å². The van der Waals surface area contributed by atoms with E-state index in [1.54, 1.807) is 24.3 Å². The van der Waals surface area contributed by atoms with Gasteiger partial charge in [-0.3, -0.25) is 9.59 Å². The maximum absolute atomic E-state index is 12.8. The molecule has 1 heterocycles. The third kappa shape index (κ3) is 3.95. The van der Waals surface area contributed by atoms with Gasteiger partial charge in [-0.15, -0.1) is 0 Å².